The van der Waals surface area contributed by atoms with E-state index in [1.165, 1.54) is 35.6 Å². The first kappa shape index (κ1) is 24.5. The van der Waals surface area contributed by atoms with Crippen LogP contribution in [0.2, 0.25) is 5.02 Å². The average molecular weight is 529 g/mol. The number of halogens is 5. The third-order valence-corrected chi connectivity index (χ3v) is 5.62. The number of carbonyl (C=O) groups is 1. The summed E-state index contributed by atoms with van der Waals surface area (Å²) < 4.78 is 58.1. The van der Waals surface area contributed by atoms with Gasteiger partial charge < -0.3 is 9.84 Å². The van der Waals surface area contributed by atoms with Gasteiger partial charge in [-0.2, -0.15) is 13.2 Å². The Morgan fingerprint density at radius 2 is 1.91 bits per heavy atom. The zero-order chi connectivity index (χ0) is 25.5. The van der Waals surface area contributed by atoms with Crippen molar-refractivity contribution >= 4 is 52.0 Å². The molecule has 2 N–H and O–H groups in total. The van der Waals surface area contributed by atoms with E-state index < -0.39 is 40.8 Å². The summed E-state index contributed by atoms with van der Waals surface area (Å²) in [4.78, 5) is 33.7. The highest BCUT2D eigenvalue weighted by molar-refractivity contribution is 7.98. The van der Waals surface area contributed by atoms with E-state index in [1.807, 2.05) is 5.32 Å². The number of benzene rings is 1. The summed E-state index contributed by atoms with van der Waals surface area (Å²) in [7, 11) is 1.50. The normalized spacial score (nSPS) is 11.6. The molecule has 1 aromatic carbocycles. The lowest BCUT2D eigenvalue weighted by Crippen LogP contribution is -2.21. The monoisotopic (exact) mass is 528 g/mol. The van der Waals surface area contributed by atoms with Crippen molar-refractivity contribution in [2.24, 2.45) is 7.05 Å². The first-order valence-corrected chi connectivity index (χ1v) is 11.1. The molecule has 0 aliphatic carbocycles. The number of nitrogens with one attached hydrogen (secondary N) is 2. The van der Waals surface area contributed by atoms with Crippen molar-refractivity contribution < 1.29 is 26.9 Å². The number of aromatic nitrogens is 4. The van der Waals surface area contributed by atoms with Gasteiger partial charge in [0.1, 0.15) is 11.5 Å². The van der Waals surface area contributed by atoms with E-state index in [9.17, 15) is 27.2 Å². The highest BCUT2D eigenvalue weighted by Gasteiger charge is 2.35. The van der Waals surface area contributed by atoms with Crippen molar-refractivity contribution in [2.45, 2.75) is 11.3 Å². The standard InChI is InChI=1S/C20H13ClF4N6O3S/c1-31-16-8(7-26-19(29-16)35-2)3-10(17(31)32)9-4-13(12(22)5-11(9)21)27-18(33)28-15-6-14(30-34-15)20(23,24)25/h3-7H,1-2H3,(H2,27,28,33). The molecule has 0 fully saturated rings. The number of fused-ring (bicyclic) bond motifs is 1. The molecule has 0 saturated heterocycles. The van der Waals surface area contributed by atoms with Crippen molar-refractivity contribution in [3.05, 3.63) is 57.3 Å². The quantitative estimate of drug-likeness (QED) is 0.213. The van der Waals surface area contributed by atoms with Gasteiger partial charge in [0.25, 0.3) is 5.56 Å². The van der Waals surface area contributed by atoms with Crippen LogP contribution >= 0.6 is 23.4 Å². The van der Waals surface area contributed by atoms with Crippen LogP contribution in [-0.4, -0.2) is 32.0 Å². The van der Waals surface area contributed by atoms with Crippen molar-refractivity contribution in [2.75, 3.05) is 16.9 Å². The maximum atomic E-state index is 14.5. The molecule has 0 atom stereocenters. The maximum absolute atomic E-state index is 14.5. The number of thioether (sulfide) groups is 1. The molecule has 4 aromatic rings. The second-order valence-corrected chi connectivity index (χ2v) is 8.20. The number of hydrogen-bond donors (Lipinski definition) is 2. The molecule has 0 saturated carbocycles. The Balaban J connectivity index is 1.67. The van der Waals surface area contributed by atoms with E-state index in [0.29, 0.717) is 22.3 Å². The van der Waals surface area contributed by atoms with Gasteiger partial charge in [-0.25, -0.2) is 19.2 Å². The molecule has 182 valence electrons. The second kappa shape index (κ2) is 9.19. The number of pyridine rings is 1. The SMILES string of the molecule is CSc1ncc2cc(-c3cc(NC(=O)Nc4cc(C(F)(F)F)no4)c(F)cc3Cl)c(=O)n(C)c2n1. The number of aryl methyl sites for hydroxylation is 1. The number of alkyl halides is 3. The van der Waals surface area contributed by atoms with Gasteiger partial charge in [0.05, 0.1) is 10.7 Å². The minimum absolute atomic E-state index is 0.0824. The molecular weight excluding hydrogens is 516 g/mol. The first-order chi connectivity index (χ1) is 16.5. The number of anilines is 2. The molecule has 0 radical (unpaired) electrons. The molecule has 15 heteroatoms. The van der Waals surface area contributed by atoms with Crippen molar-refractivity contribution in [1.29, 1.82) is 0 Å². The first-order valence-electron chi connectivity index (χ1n) is 9.50. The number of urea groups is 1. The minimum Gasteiger partial charge on any atom is -0.338 e. The van der Waals surface area contributed by atoms with Gasteiger partial charge in [-0.15, -0.1) is 0 Å². The summed E-state index contributed by atoms with van der Waals surface area (Å²) in [5.74, 6) is -1.56. The summed E-state index contributed by atoms with van der Waals surface area (Å²) in [5.41, 5.74) is -1.69. The van der Waals surface area contributed by atoms with Gasteiger partial charge in [-0.3, -0.25) is 14.7 Å². The van der Waals surface area contributed by atoms with Crippen LogP contribution in [0.25, 0.3) is 22.2 Å². The predicted molar refractivity (Wildman–Crippen MR) is 121 cm³/mol. The number of rotatable bonds is 4. The lowest BCUT2D eigenvalue weighted by Gasteiger charge is -2.13. The Labute approximate surface area is 202 Å². The summed E-state index contributed by atoms with van der Waals surface area (Å²) in [5, 5.41) is 7.78. The van der Waals surface area contributed by atoms with Crippen LogP contribution in [0.4, 0.5) is 33.9 Å². The molecule has 3 aromatic heterocycles. The van der Waals surface area contributed by atoms with E-state index in [4.69, 9.17) is 11.6 Å². The summed E-state index contributed by atoms with van der Waals surface area (Å²) in [6.45, 7) is 0. The Kier molecular flexibility index (Phi) is 6.42. The highest BCUT2D eigenvalue weighted by atomic mass is 35.5. The maximum Gasteiger partial charge on any atom is 0.436 e. The van der Waals surface area contributed by atoms with Gasteiger partial charge in [-0.05, 0) is 24.5 Å². The third kappa shape index (κ3) is 4.93. The van der Waals surface area contributed by atoms with Crippen LogP contribution in [0.3, 0.4) is 0 Å². The minimum atomic E-state index is -4.77. The molecule has 0 aliphatic heterocycles. The van der Waals surface area contributed by atoms with Crippen LogP contribution in [0.5, 0.6) is 0 Å². The Bertz CT molecular complexity index is 1520. The smallest absolute Gasteiger partial charge is 0.338 e. The molecule has 3 heterocycles. The fourth-order valence-electron chi connectivity index (χ4n) is 3.11. The van der Waals surface area contributed by atoms with E-state index >= 15 is 0 Å². The van der Waals surface area contributed by atoms with Gasteiger partial charge in [0.2, 0.25) is 5.88 Å². The molecule has 0 aliphatic rings. The van der Waals surface area contributed by atoms with Crippen LogP contribution in [0, 0.1) is 5.82 Å². The van der Waals surface area contributed by atoms with Crippen LogP contribution in [0.1, 0.15) is 5.69 Å². The molecular formula is C20H13ClF4N6O3S. The topological polar surface area (TPSA) is 115 Å². The zero-order valence-corrected chi connectivity index (χ0v) is 19.3. The van der Waals surface area contributed by atoms with Crippen molar-refractivity contribution in [1.82, 2.24) is 19.7 Å². The van der Waals surface area contributed by atoms with Gasteiger partial charge in [0, 0.05) is 35.8 Å². The van der Waals surface area contributed by atoms with E-state index in [0.717, 1.165) is 12.1 Å². The van der Waals surface area contributed by atoms with Crippen molar-refractivity contribution in [3.63, 3.8) is 0 Å². The molecule has 0 bridgehead atoms. The zero-order valence-electron chi connectivity index (χ0n) is 17.7. The second-order valence-electron chi connectivity index (χ2n) is 7.02. The van der Waals surface area contributed by atoms with E-state index in [2.05, 4.69) is 25.0 Å². The predicted octanol–water partition coefficient (Wildman–Crippen LogP) is 5.16. The third-order valence-electron chi connectivity index (χ3n) is 4.74. The Morgan fingerprint density at radius 1 is 1.17 bits per heavy atom. The molecule has 2 amide bonds. The van der Waals surface area contributed by atoms with Crippen molar-refractivity contribution in [3.8, 4) is 11.1 Å². The molecule has 4 rings (SSSR count). The lowest BCUT2D eigenvalue weighted by molar-refractivity contribution is -0.142. The van der Waals surface area contributed by atoms with Crippen LogP contribution in [-0.2, 0) is 13.2 Å². The fraction of sp³-hybridized carbons (Fsp3) is 0.150. The largest absolute Gasteiger partial charge is 0.436 e. The van der Waals surface area contributed by atoms with Gasteiger partial charge >= 0.3 is 12.2 Å². The summed E-state index contributed by atoms with van der Waals surface area (Å²) in [6.07, 6.45) is -1.47. The number of hydrogen-bond acceptors (Lipinski definition) is 7. The number of amides is 2. The highest BCUT2D eigenvalue weighted by Crippen LogP contribution is 2.33. The number of nitrogens with zero attached hydrogens (tertiary/aromatic N) is 4. The average Bonchev–Trinajstić information content (AvgIpc) is 3.27. The van der Waals surface area contributed by atoms with Gasteiger partial charge in [0.15, 0.2) is 10.9 Å². The van der Waals surface area contributed by atoms with E-state index in [-0.39, 0.29) is 16.1 Å². The molecule has 0 unspecified atom stereocenters. The summed E-state index contributed by atoms with van der Waals surface area (Å²) >= 11 is 7.49. The van der Waals surface area contributed by atoms with Crippen LogP contribution < -0.4 is 16.2 Å². The van der Waals surface area contributed by atoms with E-state index in [1.54, 1.807) is 6.26 Å². The summed E-state index contributed by atoms with van der Waals surface area (Å²) in [6, 6.07) is 2.84. The Hall–Kier alpha value is -3.65. The van der Waals surface area contributed by atoms with Crippen LogP contribution in [0.15, 0.2) is 44.9 Å². The fourth-order valence-corrected chi connectivity index (χ4v) is 3.69. The molecule has 35 heavy (non-hydrogen) atoms. The lowest BCUT2D eigenvalue weighted by atomic mass is 10.0. The van der Waals surface area contributed by atoms with Gasteiger partial charge in [-0.1, -0.05) is 28.5 Å². The molecule has 9 nitrogen and oxygen atoms in total. The molecule has 0 spiro atoms. The Morgan fingerprint density at radius 3 is 2.57 bits per heavy atom. The number of carbonyl (C=O) groups excluding carboxylic acids is 1.